The van der Waals surface area contributed by atoms with Crippen molar-refractivity contribution in [2.75, 3.05) is 5.32 Å². The highest BCUT2D eigenvalue weighted by atomic mass is 35.5. The molecule has 3 nitrogen and oxygen atoms in total. The normalized spacial score (nSPS) is 12.4. The molecule has 1 aromatic carbocycles. The first kappa shape index (κ1) is 11.6. The highest BCUT2D eigenvalue weighted by Gasteiger charge is 2.12. The second kappa shape index (κ2) is 4.99. The lowest BCUT2D eigenvalue weighted by atomic mass is 10.1. The lowest BCUT2D eigenvalue weighted by molar-refractivity contribution is 0.889. The number of benzene rings is 1. The molecule has 0 fully saturated rings. The average Bonchev–Trinajstić information content (AvgIpc) is 2.74. The summed E-state index contributed by atoms with van der Waals surface area (Å²) in [6.07, 6.45) is 1.68. The highest BCUT2D eigenvalue weighted by Crippen LogP contribution is 2.31. The van der Waals surface area contributed by atoms with E-state index in [1.807, 2.05) is 19.1 Å². The summed E-state index contributed by atoms with van der Waals surface area (Å²) in [7, 11) is 0. The van der Waals surface area contributed by atoms with E-state index in [-0.39, 0.29) is 6.04 Å². The maximum absolute atomic E-state index is 6.13. The van der Waals surface area contributed by atoms with E-state index in [1.54, 1.807) is 12.3 Å². The number of hydrogen-bond donors (Lipinski definition) is 1. The molecule has 16 heavy (non-hydrogen) atoms. The molecule has 2 aromatic rings. The van der Waals surface area contributed by atoms with Crippen molar-refractivity contribution in [3.8, 4) is 0 Å². The molecule has 6 heteroatoms. The molecule has 0 aliphatic rings. The fraction of sp³-hybridized carbons (Fsp3) is 0.200. The van der Waals surface area contributed by atoms with Gasteiger partial charge in [-0.05, 0) is 18.6 Å². The SMILES string of the molecule is CC(Nc1cnns1)c1cccc(Cl)c1Cl. The molecule has 0 saturated carbocycles. The fourth-order valence-corrected chi connectivity index (χ4v) is 2.35. The van der Waals surface area contributed by atoms with Crippen LogP contribution in [-0.4, -0.2) is 9.59 Å². The zero-order valence-electron chi connectivity index (χ0n) is 8.45. The molecule has 0 saturated heterocycles. The summed E-state index contributed by atoms with van der Waals surface area (Å²) in [5.74, 6) is 0. The number of rotatable bonds is 3. The van der Waals surface area contributed by atoms with Gasteiger partial charge in [0.05, 0.1) is 22.3 Å². The Bertz CT molecular complexity index is 473. The lowest BCUT2D eigenvalue weighted by Crippen LogP contribution is -2.06. The summed E-state index contributed by atoms with van der Waals surface area (Å²) in [4.78, 5) is 0. The Balaban J connectivity index is 2.21. The van der Waals surface area contributed by atoms with Gasteiger partial charge in [0, 0.05) is 11.5 Å². The van der Waals surface area contributed by atoms with Crippen LogP contribution in [0.15, 0.2) is 24.4 Å². The first-order chi connectivity index (χ1) is 7.68. The van der Waals surface area contributed by atoms with Gasteiger partial charge in [-0.15, -0.1) is 5.10 Å². The predicted octanol–water partition coefficient (Wildman–Crippen LogP) is 4.02. The lowest BCUT2D eigenvalue weighted by Gasteiger charge is -2.15. The molecule has 0 aliphatic carbocycles. The zero-order valence-corrected chi connectivity index (χ0v) is 10.8. The smallest absolute Gasteiger partial charge is 0.130 e. The van der Waals surface area contributed by atoms with Gasteiger partial charge in [0.2, 0.25) is 0 Å². The van der Waals surface area contributed by atoms with Crippen molar-refractivity contribution < 1.29 is 0 Å². The van der Waals surface area contributed by atoms with E-state index >= 15 is 0 Å². The van der Waals surface area contributed by atoms with Gasteiger partial charge in [-0.2, -0.15) is 0 Å². The summed E-state index contributed by atoms with van der Waals surface area (Å²) < 4.78 is 3.78. The average molecular weight is 274 g/mol. The Labute approximate surface area is 108 Å². The van der Waals surface area contributed by atoms with Crippen LogP contribution in [-0.2, 0) is 0 Å². The molecule has 1 unspecified atom stereocenters. The van der Waals surface area contributed by atoms with E-state index in [0.717, 1.165) is 10.6 Å². The van der Waals surface area contributed by atoms with E-state index in [1.165, 1.54) is 11.5 Å². The third-order valence-corrected chi connectivity index (χ3v) is 3.60. The highest BCUT2D eigenvalue weighted by molar-refractivity contribution is 7.09. The third kappa shape index (κ3) is 2.45. The maximum Gasteiger partial charge on any atom is 0.130 e. The van der Waals surface area contributed by atoms with Crippen LogP contribution < -0.4 is 5.32 Å². The third-order valence-electron chi connectivity index (χ3n) is 2.17. The van der Waals surface area contributed by atoms with Crippen LogP contribution in [0.5, 0.6) is 0 Å². The van der Waals surface area contributed by atoms with Gasteiger partial charge in [0.15, 0.2) is 0 Å². The van der Waals surface area contributed by atoms with E-state index < -0.39 is 0 Å². The van der Waals surface area contributed by atoms with E-state index in [0.29, 0.717) is 10.0 Å². The molecular weight excluding hydrogens is 265 g/mol. The first-order valence-electron chi connectivity index (χ1n) is 4.66. The standard InChI is InChI=1S/C10H9Cl2N3S/c1-6(14-9-5-13-15-16-9)7-3-2-4-8(11)10(7)12/h2-6,14H,1H3. The van der Waals surface area contributed by atoms with Crippen LogP contribution in [0, 0.1) is 0 Å². The van der Waals surface area contributed by atoms with Crippen molar-refractivity contribution in [2.45, 2.75) is 13.0 Å². The molecule has 0 bridgehead atoms. The van der Waals surface area contributed by atoms with Crippen LogP contribution >= 0.6 is 34.7 Å². The zero-order chi connectivity index (χ0) is 11.5. The van der Waals surface area contributed by atoms with Gasteiger partial charge in [0.25, 0.3) is 0 Å². The van der Waals surface area contributed by atoms with E-state index in [9.17, 15) is 0 Å². The molecular formula is C10H9Cl2N3S. The quantitative estimate of drug-likeness (QED) is 0.918. The maximum atomic E-state index is 6.13. The summed E-state index contributed by atoms with van der Waals surface area (Å²) >= 11 is 13.4. The Morgan fingerprint density at radius 2 is 2.19 bits per heavy atom. The molecule has 1 N–H and O–H groups in total. The van der Waals surface area contributed by atoms with Crippen LogP contribution in [0.4, 0.5) is 5.00 Å². The molecule has 0 aliphatic heterocycles. The van der Waals surface area contributed by atoms with Gasteiger partial charge in [-0.1, -0.05) is 39.8 Å². The van der Waals surface area contributed by atoms with Crippen molar-refractivity contribution in [1.82, 2.24) is 9.59 Å². The summed E-state index contributed by atoms with van der Waals surface area (Å²) in [6, 6.07) is 5.66. The number of nitrogens with one attached hydrogen (secondary N) is 1. The van der Waals surface area contributed by atoms with E-state index in [4.69, 9.17) is 23.2 Å². The van der Waals surface area contributed by atoms with Crippen LogP contribution in [0.2, 0.25) is 10.0 Å². The Kier molecular flexibility index (Phi) is 3.63. The van der Waals surface area contributed by atoms with Crippen LogP contribution in [0.25, 0.3) is 0 Å². The number of hydrogen-bond acceptors (Lipinski definition) is 4. The monoisotopic (exact) mass is 273 g/mol. The number of anilines is 1. The molecule has 0 amide bonds. The summed E-state index contributed by atoms with van der Waals surface area (Å²) in [6.45, 7) is 2.01. The topological polar surface area (TPSA) is 37.8 Å². The predicted molar refractivity (Wildman–Crippen MR) is 68.4 cm³/mol. The molecule has 2 rings (SSSR count). The number of halogens is 2. The molecule has 1 aromatic heterocycles. The molecule has 0 radical (unpaired) electrons. The van der Waals surface area contributed by atoms with Gasteiger partial charge >= 0.3 is 0 Å². The van der Waals surface area contributed by atoms with Gasteiger partial charge < -0.3 is 5.32 Å². The van der Waals surface area contributed by atoms with Crippen molar-refractivity contribution in [3.05, 3.63) is 40.0 Å². The largest absolute Gasteiger partial charge is 0.368 e. The Morgan fingerprint density at radius 1 is 1.38 bits per heavy atom. The number of nitrogens with zero attached hydrogens (tertiary/aromatic N) is 2. The van der Waals surface area contributed by atoms with Crippen molar-refractivity contribution in [2.24, 2.45) is 0 Å². The molecule has 1 atom stereocenters. The van der Waals surface area contributed by atoms with Crippen molar-refractivity contribution in [3.63, 3.8) is 0 Å². The molecule has 1 heterocycles. The first-order valence-corrected chi connectivity index (χ1v) is 6.19. The van der Waals surface area contributed by atoms with Gasteiger partial charge in [0.1, 0.15) is 5.00 Å². The van der Waals surface area contributed by atoms with Crippen LogP contribution in [0.3, 0.4) is 0 Å². The van der Waals surface area contributed by atoms with Gasteiger partial charge in [-0.25, -0.2) is 0 Å². The van der Waals surface area contributed by atoms with Crippen molar-refractivity contribution in [1.29, 1.82) is 0 Å². The minimum atomic E-state index is 0.0634. The second-order valence-corrected chi connectivity index (χ2v) is 4.86. The van der Waals surface area contributed by atoms with Gasteiger partial charge in [-0.3, -0.25) is 0 Å². The molecule has 84 valence electrons. The Hall–Kier alpha value is -0.840. The number of aromatic nitrogens is 2. The van der Waals surface area contributed by atoms with Crippen molar-refractivity contribution >= 4 is 39.7 Å². The minimum Gasteiger partial charge on any atom is -0.368 e. The fourth-order valence-electron chi connectivity index (χ4n) is 1.38. The molecule has 0 spiro atoms. The second-order valence-electron chi connectivity index (χ2n) is 3.29. The van der Waals surface area contributed by atoms with Crippen LogP contribution in [0.1, 0.15) is 18.5 Å². The summed E-state index contributed by atoms with van der Waals surface area (Å²) in [5.41, 5.74) is 0.961. The summed E-state index contributed by atoms with van der Waals surface area (Å²) in [5, 5.41) is 9.07. The van der Waals surface area contributed by atoms with E-state index in [2.05, 4.69) is 14.9 Å². The Morgan fingerprint density at radius 3 is 2.88 bits per heavy atom. The minimum absolute atomic E-state index is 0.0634.